The Bertz CT molecular complexity index is 973. The zero-order valence-electron chi connectivity index (χ0n) is 34.2. The summed E-state index contributed by atoms with van der Waals surface area (Å²) in [7, 11) is 1.33. The zero-order valence-corrected chi connectivity index (χ0v) is 35.1. The van der Waals surface area contributed by atoms with E-state index >= 15 is 0 Å². The van der Waals surface area contributed by atoms with Crippen LogP contribution in [0.3, 0.4) is 0 Å². The standard InChI is InChI=1S/C43H80NO7P/c1-6-8-10-12-14-16-18-20-22-23-24-26-28-30-32-34-36-43(45)51-42(41-50-52(46,47)49-39-37-44(3,4)5)40-48-38-35-33-31-29-27-25-21-19-17-15-13-11-9-7-2/h11,13,16-19,22-23,42H,6-10,12,14-15,20-21,24-41H2,1-5H3/b13-11-,18-16-,19-17-,23-22-. The highest BCUT2D eigenvalue weighted by Crippen LogP contribution is 2.38. The molecule has 0 saturated heterocycles. The van der Waals surface area contributed by atoms with Gasteiger partial charge in [-0.25, -0.2) is 0 Å². The number of ether oxygens (including phenoxy) is 2. The van der Waals surface area contributed by atoms with Crippen molar-refractivity contribution in [2.45, 2.75) is 168 Å². The minimum atomic E-state index is -4.53. The Morgan fingerprint density at radius 1 is 0.596 bits per heavy atom. The molecule has 52 heavy (non-hydrogen) atoms. The molecule has 9 heteroatoms. The molecule has 0 aliphatic heterocycles. The molecule has 0 aromatic rings. The predicted octanol–water partition coefficient (Wildman–Crippen LogP) is 11.4. The third-order valence-corrected chi connectivity index (χ3v) is 9.55. The van der Waals surface area contributed by atoms with Crippen LogP contribution >= 0.6 is 7.82 Å². The highest BCUT2D eigenvalue weighted by Gasteiger charge is 2.20. The lowest BCUT2D eigenvalue weighted by molar-refractivity contribution is -0.870. The molecule has 0 aliphatic rings. The monoisotopic (exact) mass is 754 g/mol. The number of rotatable bonds is 38. The summed E-state index contributed by atoms with van der Waals surface area (Å²) in [6.45, 7) is 5.28. The van der Waals surface area contributed by atoms with Gasteiger partial charge in [-0.15, -0.1) is 0 Å². The van der Waals surface area contributed by atoms with E-state index in [0.29, 0.717) is 24.1 Å². The molecule has 304 valence electrons. The molecule has 0 radical (unpaired) electrons. The predicted molar refractivity (Wildman–Crippen MR) is 217 cm³/mol. The topological polar surface area (TPSA) is 94.1 Å². The van der Waals surface area contributed by atoms with Crippen LogP contribution in [0.5, 0.6) is 0 Å². The summed E-state index contributed by atoms with van der Waals surface area (Å²) in [5, 5.41) is 0. The number of carbonyl (C=O) groups excluding carboxylic acids is 1. The maximum absolute atomic E-state index is 12.6. The van der Waals surface area contributed by atoms with E-state index in [2.05, 4.69) is 62.5 Å². The minimum absolute atomic E-state index is 0.0194. The van der Waals surface area contributed by atoms with Crippen molar-refractivity contribution in [2.24, 2.45) is 0 Å². The van der Waals surface area contributed by atoms with Crippen LogP contribution in [0.2, 0.25) is 0 Å². The van der Waals surface area contributed by atoms with Crippen LogP contribution in [-0.2, 0) is 27.9 Å². The number of likely N-dealkylation sites (N-methyl/N-ethyl adjacent to an activating group) is 1. The van der Waals surface area contributed by atoms with Gasteiger partial charge < -0.3 is 27.9 Å². The van der Waals surface area contributed by atoms with E-state index in [1.165, 1.54) is 57.8 Å². The fourth-order valence-corrected chi connectivity index (χ4v) is 6.05. The van der Waals surface area contributed by atoms with Gasteiger partial charge in [0.05, 0.1) is 34.4 Å². The Balaban J connectivity index is 4.31. The smallest absolute Gasteiger partial charge is 0.306 e. The number of carbonyl (C=O) groups is 1. The third-order valence-electron chi connectivity index (χ3n) is 8.58. The van der Waals surface area contributed by atoms with E-state index < -0.39 is 13.9 Å². The van der Waals surface area contributed by atoms with Gasteiger partial charge in [0.25, 0.3) is 7.82 Å². The summed E-state index contributed by atoms with van der Waals surface area (Å²) in [6, 6.07) is 0. The van der Waals surface area contributed by atoms with Gasteiger partial charge in [-0.1, -0.05) is 133 Å². The molecular weight excluding hydrogens is 673 g/mol. The Labute approximate surface area is 320 Å². The number of nitrogens with zero attached hydrogens (tertiary/aromatic N) is 1. The van der Waals surface area contributed by atoms with Crippen LogP contribution in [0, 0.1) is 0 Å². The van der Waals surface area contributed by atoms with Crippen molar-refractivity contribution in [1.82, 2.24) is 0 Å². The second kappa shape index (κ2) is 36.4. The first-order valence-electron chi connectivity index (χ1n) is 20.9. The van der Waals surface area contributed by atoms with Gasteiger partial charge >= 0.3 is 5.97 Å². The van der Waals surface area contributed by atoms with Crippen LogP contribution < -0.4 is 4.89 Å². The molecule has 0 spiro atoms. The maximum atomic E-state index is 12.6. The van der Waals surface area contributed by atoms with Crippen molar-refractivity contribution in [2.75, 3.05) is 54.1 Å². The van der Waals surface area contributed by atoms with Crippen molar-refractivity contribution in [3.63, 3.8) is 0 Å². The van der Waals surface area contributed by atoms with E-state index in [1.54, 1.807) is 0 Å². The molecule has 0 N–H and O–H groups in total. The Hall–Kier alpha value is -1.54. The quantitative estimate of drug-likeness (QED) is 0.0204. The first kappa shape index (κ1) is 50.5. The molecule has 8 nitrogen and oxygen atoms in total. The second-order valence-electron chi connectivity index (χ2n) is 15.0. The second-order valence-corrected chi connectivity index (χ2v) is 16.4. The van der Waals surface area contributed by atoms with E-state index in [0.717, 1.165) is 83.5 Å². The first-order chi connectivity index (χ1) is 25.1. The highest BCUT2D eigenvalue weighted by molar-refractivity contribution is 7.45. The molecule has 0 amide bonds. The SMILES string of the molecule is CCC/C=C\C/C=C\CCCCCCCCOCC(COP(=O)([O-])OCC[N+](C)(C)C)OC(=O)CCCCCCC/C=C\C/C=C\CCCCCC. The number of phosphoric ester groups is 1. The molecule has 0 heterocycles. The lowest BCUT2D eigenvalue weighted by Crippen LogP contribution is -2.37. The average Bonchev–Trinajstić information content (AvgIpc) is 3.09. The number of allylic oxidation sites excluding steroid dienone is 8. The number of quaternary nitrogens is 1. The average molecular weight is 754 g/mol. The zero-order chi connectivity index (χ0) is 38.4. The van der Waals surface area contributed by atoms with Gasteiger partial charge in [0.15, 0.2) is 0 Å². The Kier molecular flexibility index (Phi) is 35.4. The van der Waals surface area contributed by atoms with E-state index in [9.17, 15) is 14.3 Å². The van der Waals surface area contributed by atoms with Crippen molar-refractivity contribution in [3.05, 3.63) is 48.6 Å². The van der Waals surface area contributed by atoms with Gasteiger partial charge in [-0.05, 0) is 70.6 Å². The molecule has 2 atom stereocenters. The van der Waals surface area contributed by atoms with Crippen molar-refractivity contribution >= 4 is 13.8 Å². The van der Waals surface area contributed by atoms with Crippen LogP contribution in [-0.4, -0.2) is 70.7 Å². The molecule has 0 rings (SSSR count). The van der Waals surface area contributed by atoms with E-state index in [4.69, 9.17) is 18.5 Å². The van der Waals surface area contributed by atoms with E-state index in [1.807, 2.05) is 21.1 Å². The van der Waals surface area contributed by atoms with Gasteiger partial charge in [0, 0.05) is 13.0 Å². The Morgan fingerprint density at radius 3 is 1.63 bits per heavy atom. The molecule has 2 unspecified atom stereocenters. The van der Waals surface area contributed by atoms with E-state index in [-0.39, 0.29) is 25.8 Å². The van der Waals surface area contributed by atoms with Crippen molar-refractivity contribution in [1.29, 1.82) is 0 Å². The number of esters is 1. The molecule has 0 saturated carbocycles. The molecule has 0 aromatic heterocycles. The first-order valence-corrected chi connectivity index (χ1v) is 22.3. The number of phosphoric acid groups is 1. The fourth-order valence-electron chi connectivity index (χ4n) is 5.32. The van der Waals surface area contributed by atoms with Crippen molar-refractivity contribution in [3.8, 4) is 0 Å². The summed E-state index contributed by atoms with van der Waals surface area (Å²) in [6.07, 6.45) is 42.6. The lowest BCUT2D eigenvalue weighted by atomic mass is 10.1. The lowest BCUT2D eigenvalue weighted by Gasteiger charge is -2.28. The number of unbranched alkanes of at least 4 members (excludes halogenated alkanes) is 16. The minimum Gasteiger partial charge on any atom is -0.756 e. The summed E-state index contributed by atoms with van der Waals surface area (Å²) < 4.78 is 34.5. The molecule has 0 aromatic carbocycles. The normalized spacial score (nSPS) is 14.3. The largest absolute Gasteiger partial charge is 0.756 e. The van der Waals surface area contributed by atoms with Crippen LogP contribution in [0.15, 0.2) is 48.6 Å². The van der Waals surface area contributed by atoms with Crippen molar-refractivity contribution < 1.29 is 37.3 Å². The summed E-state index contributed by atoms with van der Waals surface area (Å²) in [5.41, 5.74) is 0. The van der Waals surface area contributed by atoms with Gasteiger partial charge in [0.1, 0.15) is 19.3 Å². The molecule has 0 aliphatic carbocycles. The number of hydrogen-bond acceptors (Lipinski definition) is 7. The molecule has 0 bridgehead atoms. The van der Waals surface area contributed by atoms with Crippen LogP contribution in [0.1, 0.15) is 162 Å². The number of hydrogen-bond donors (Lipinski definition) is 0. The van der Waals surface area contributed by atoms with Gasteiger partial charge in [-0.3, -0.25) is 9.36 Å². The maximum Gasteiger partial charge on any atom is 0.306 e. The summed E-state index contributed by atoms with van der Waals surface area (Å²) in [5.74, 6) is -0.354. The fraction of sp³-hybridized carbons (Fsp3) is 0.791. The molecular formula is C43H80NO7P. The van der Waals surface area contributed by atoms with Gasteiger partial charge in [-0.2, -0.15) is 0 Å². The van der Waals surface area contributed by atoms with Crippen LogP contribution in [0.25, 0.3) is 0 Å². The molecule has 0 fully saturated rings. The Morgan fingerprint density at radius 2 is 1.10 bits per heavy atom. The van der Waals surface area contributed by atoms with Crippen LogP contribution in [0.4, 0.5) is 0 Å². The third kappa shape index (κ3) is 39.7. The summed E-state index contributed by atoms with van der Waals surface area (Å²) in [4.78, 5) is 25.0. The summed E-state index contributed by atoms with van der Waals surface area (Å²) >= 11 is 0. The highest BCUT2D eigenvalue weighted by atomic mass is 31.2. The van der Waals surface area contributed by atoms with Gasteiger partial charge in [0.2, 0.25) is 0 Å².